The second kappa shape index (κ2) is 18.1. The van der Waals surface area contributed by atoms with E-state index >= 15 is 0 Å². The van der Waals surface area contributed by atoms with E-state index < -0.39 is 0 Å². The zero-order valence-electron chi connectivity index (χ0n) is 30.4. The zero-order valence-corrected chi connectivity index (χ0v) is 30.4. The smallest absolute Gasteiger partial charge is 0.229 e. The Balaban J connectivity index is 1.18. The average Bonchev–Trinajstić information content (AvgIpc) is 3.54. The number of fused-ring (bicyclic) bond motifs is 1. The summed E-state index contributed by atoms with van der Waals surface area (Å²) in [5.41, 5.74) is 9.31. The molecule has 1 aliphatic heterocycles. The van der Waals surface area contributed by atoms with Gasteiger partial charge in [0.2, 0.25) is 11.8 Å². The Kier molecular flexibility index (Phi) is 13.4. The highest BCUT2D eigenvalue weighted by atomic mass is 16.5. The van der Waals surface area contributed by atoms with Crippen LogP contribution in [-0.4, -0.2) is 77.9 Å². The van der Waals surface area contributed by atoms with Crippen LogP contribution in [0.3, 0.4) is 0 Å². The van der Waals surface area contributed by atoms with Crippen molar-refractivity contribution in [3.8, 4) is 11.1 Å². The second-order valence-corrected chi connectivity index (χ2v) is 13.4. The van der Waals surface area contributed by atoms with Crippen LogP contribution in [0.1, 0.15) is 67.5 Å². The maximum Gasteiger partial charge on any atom is 0.229 e. The van der Waals surface area contributed by atoms with Crippen molar-refractivity contribution >= 4 is 28.5 Å². The molecular formula is C39H54N8O3. The minimum absolute atomic E-state index is 0.254. The standard InChI is InChI=1S/C39H54N8O3/c1-6-35-33(38(44-31-14-18-50-19-15-31)34-26-43-47(7-2)39(34)45-35)25-42-37(49)22-36(48)41-24-29-13-12-27(3)32(21-29)30-11-8-10-28(20-30)23-40-16-9-17-46(4)5/h8,10-13,20-21,26,31,40H,6-7,9,14-19,22-25H2,1-5H3,(H,41,48)(H,42,49)(H,44,45). The van der Waals surface area contributed by atoms with Crippen LogP contribution in [0.25, 0.3) is 22.2 Å². The molecule has 1 aliphatic rings. The molecule has 268 valence electrons. The Hall–Kier alpha value is -4.32. The largest absolute Gasteiger partial charge is 0.381 e. The second-order valence-electron chi connectivity index (χ2n) is 13.4. The third-order valence-electron chi connectivity index (χ3n) is 9.28. The summed E-state index contributed by atoms with van der Waals surface area (Å²) < 4.78 is 7.48. The molecule has 11 heteroatoms. The number of nitrogens with zero attached hydrogens (tertiary/aromatic N) is 4. The van der Waals surface area contributed by atoms with Crippen LogP contribution in [0.5, 0.6) is 0 Å². The zero-order chi connectivity index (χ0) is 35.5. The van der Waals surface area contributed by atoms with Crippen LogP contribution in [0, 0.1) is 6.92 Å². The average molecular weight is 683 g/mol. The van der Waals surface area contributed by atoms with Crippen LogP contribution in [0.4, 0.5) is 5.69 Å². The lowest BCUT2D eigenvalue weighted by atomic mass is 9.96. The van der Waals surface area contributed by atoms with Gasteiger partial charge in [-0.15, -0.1) is 0 Å². The summed E-state index contributed by atoms with van der Waals surface area (Å²) in [6.07, 6.45) is 5.22. The molecule has 2 aromatic heterocycles. The van der Waals surface area contributed by atoms with Gasteiger partial charge in [0.15, 0.2) is 5.65 Å². The third kappa shape index (κ3) is 9.89. The van der Waals surface area contributed by atoms with Crippen molar-refractivity contribution in [3.05, 3.63) is 76.6 Å². The topological polar surface area (TPSA) is 125 Å². The number of hydrogen-bond acceptors (Lipinski definition) is 8. The summed E-state index contributed by atoms with van der Waals surface area (Å²) in [6, 6.07) is 15.1. The number of rotatable bonds is 17. The highest BCUT2D eigenvalue weighted by Crippen LogP contribution is 2.31. The number of ether oxygens (including phenoxy) is 1. The van der Waals surface area contributed by atoms with Gasteiger partial charge in [-0.2, -0.15) is 5.10 Å². The number of benzene rings is 2. The van der Waals surface area contributed by atoms with Crippen LogP contribution in [-0.2, 0) is 46.9 Å². The molecule has 3 heterocycles. The predicted molar refractivity (Wildman–Crippen MR) is 200 cm³/mol. The Labute approximate surface area is 296 Å². The quantitative estimate of drug-likeness (QED) is 0.0912. The van der Waals surface area contributed by atoms with E-state index in [0.717, 1.165) is 83.6 Å². The number of anilines is 1. The SMILES string of the molecule is CCc1nc2c(cnn2CC)c(NC2CCOCC2)c1CNC(=O)CC(=O)NCc1ccc(C)c(-c2cccc(CNCCCN(C)C)c2)c1. The first-order chi connectivity index (χ1) is 24.2. The maximum atomic E-state index is 13.1. The number of nitrogens with one attached hydrogen (secondary N) is 4. The molecule has 0 bridgehead atoms. The van der Waals surface area contributed by atoms with Crippen LogP contribution >= 0.6 is 0 Å². The van der Waals surface area contributed by atoms with Gasteiger partial charge in [-0.3, -0.25) is 9.59 Å². The molecule has 0 radical (unpaired) electrons. The summed E-state index contributed by atoms with van der Waals surface area (Å²) in [6.45, 7) is 11.8. The van der Waals surface area contributed by atoms with Crippen molar-refractivity contribution in [2.75, 3.05) is 45.7 Å². The van der Waals surface area contributed by atoms with E-state index in [2.05, 4.69) is 103 Å². The number of hydrogen-bond donors (Lipinski definition) is 4. The van der Waals surface area contributed by atoms with Gasteiger partial charge in [-0.25, -0.2) is 9.67 Å². The molecule has 0 aliphatic carbocycles. The van der Waals surface area contributed by atoms with Gasteiger partial charge in [0, 0.05) is 56.7 Å². The summed E-state index contributed by atoms with van der Waals surface area (Å²) in [5, 5.41) is 18.7. The summed E-state index contributed by atoms with van der Waals surface area (Å²) >= 11 is 0. The molecular weight excluding hydrogens is 628 g/mol. The molecule has 2 amide bonds. The number of pyridine rings is 1. The van der Waals surface area contributed by atoms with Crippen molar-refractivity contribution < 1.29 is 14.3 Å². The Morgan fingerprint density at radius 2 is 1.74 bits per heavy atom. The van der Waals surface area contributed by atoms with Gasteiger partial charge in [-0.05, 0) is 107 Å². The van der Waals surface area contributed by atoms with E-state index in [4.69, 9.17) is 9.72 Å². The van der Waals surface area contributed by atoms with E-state index in [-0.39, 0.29) is 30.8 Å². The normalized spacial score (nSPS) is 13.6. The lowest BCUT2D eigenvalue weighted by Crippen LogP contribution is -2.32. The van der Waals surface area contributed by atoms with Gasteiger partial charge in [-0.1, -0.05) is 37.3 Å². The molecule has 1 fully saturated rings. The molecule has 0 saturated carbocycles. The summed E-state index contributed by atoms with van der Waals surface area (Å²) in [5.74, 6) is -0.649. The number of amides is 2. The maximum absolute atomic E-state index is 13.1. The molecule has 1 saturated heterocycles. The first-order valence-electron chi connectivity index (χ1n) is 18.0. The van der Waals surface area contributed by atoms with E-state index in [9.17, 15) is 9.59 Å². The monoisotopic (exact) mass is 682 g/mol. The fourth-order valence-corrected chi connectivity index (χ4v) is 6.45. The van der Waals surface area contributed by atoms with Crippen molar-refractivity contribution in [3.63, 3.8) is 0 Å². The van der Waals surface area contributed by atoms with Crippen LogP contribution in [0.15, 0.2) is 48.7 Å². The molecule has 4 aromatic rings. The van der Waals surface area contributed by atoms with Crippen molar-refractivity contribution in [2.45, 2.75) is 85.1 Å². The van der Waals surface area contributed by atoms with Gasteiger partial charge >= 0.3 is 0 Å². The Bertz CT molecular complexity index is 1740. The molecule has 0 unspecified atom stereocenters. The predicted octanol–water partition coefficient (Wildman–Crippen LogP) is 4.94. The highest BCUT2D eigenvalue weighted by molar-refractivity contribution is 5.97. The molecule has 0 atom stereocenters. The Morgan fingerprint density at radius 3 is 2.48 bits per heavy atom. The fraction of sp³-hybridized carbons (Fsp3) is 0.487. The highest BCUT2D eigenvalue weighted by Gasteiger charge is 2.22. The van der Waals surface area contributed by atoms with Crippen LogP contribution in [0.2, 0.25) is 0 Å². The van der Waals surface area contributed by atoms with Gasteiger partial charge in [0.25, 0.3) is 0 Å². The molecule has 2 aromatic carbocycles. The number of aromatic nitrogens is 3. The first-order valence-corrected chi connectivity index (χ1v) is 18.0. The van der Waals surface area contributed by atoms with E-state index in [1.807, 2.05) is 16.9 Å². The lowest BCUT2D eigenvalue weighted by molar-refractivity contribution is -0.129. The minimum atomic E-state index is -0.331. The number of carbonyl (C=O) groups is 2. The molecule has 0 spiro atoms. The Morgan fingerprint density at radius 1 is 0.980 bits per heavy atom. The summed E-state index contributed by atoms with van der Waals surface area (Å²) in [7, 11) is 4.19. The number of carbonyl (C=O) groups excluding carboxylic acids is 2. The molecule has 50 heavy (non-hydrogen) atoms. The van der Waals surface area contributed by atoms with E-state index in [1.165, 1.54) is 11.1 Å². The minimum Gasteiger partial charge on any atom is -0.381 e. The molecule has 4 N–H and O–H groups in total. The lowest BCUT2D eigenvalue weighted by Gasteiger charge is -2.26. The molecule has 11 nitrogen and oxygen atoms in total. The van der Waals surface area contributed by atoms with Gasteiger partial charge < -0.3 is 30.9 Å². The van der Waals surface area contributed by atoms with E-state index in [0.29, 0.717) is 32.7 Å². The van der Waals surface area contributed by atoms with Crippen LogP contribution < -0.4 is 21.3 Å². The van der Waals surface area contributed by atoms with Gasteiger partial charge in [0.1, 0.15) is 6.42 Å². The molecule has 5 rings (SSSR count). The summed E-state index contributed by atoms with van der Waals surface area (Å²) in [4.78, 5) is 33.1. The number of aryl methyl sites for hydroxylation is 3. The van der Waals surface area contributed by atoms with Crippen molar-refractivity contribution in [2.24, 2.45) is 0 Å². The van der Waals surface area contributed by atoms with E-state index in [1.54, 1.807) is 0 Å². The fourth-order valence-electron chi connectivity index (χ4n) is 6.45. The first kappa shape index (κ1) is 36.9. The third-order valence-corrected chi connectivity index (χ3v) is 9.28. The van der Waals surface area contributed by atoms with Crippen molar-refractivity contribution in [1.29, 1.82) is 0 Å². The van der Waals surface area contributed by atoms with Gasteiger partial charge in [0.05, 0.1) is 17.3 Å². The van der Waals surface area contributed by atoms with Crippen molar-refractivity contribution in [1.82, 2.24) is 35.6 Å².